The van der Waals surface area contributed by atoms with Crippen molar-refractivity contribution in [2.75, 3.05) is 18.0 Å². The molecule has 0 radical (unpaired) electrons. The van der Waals surface area contributed by atoms with E-state index in [0.717, 1.165) is 42.0 Å². The van der Waals surface area contributed by atoms with Gasteiger partial charge in [-0.2, -0.15) is 0 Å². The van der Waals surface area contributed by atoms with Crippen LogP contribution in [0, 0.1) is 0 Å². The van der Waals surface area contributed by atoms with E-state index in [0.29, 0.717) is 6.54 Å². The van der Waals surface area contributed by atoms with Crippen LogP contribution in [0.2, 0.25) is 0 Å². The van der Waals surface area contributed by atoms with Crippen LogP contribution < -0.4 is 10.2 Å². The zero-order valence-electron chi connectivity index (χ0n) is 16.0. The smallest absolute Gasteiger partial charge is 0.251 e. The molecule has 0 unspecified atom stereocenters. The first-order valence-corrected chi connectivity index (χ1v) is 9.89. The van der Waals surface area contributed by atoms with E-state index in [2.05, 4.69) is 33.4 Å². The molecule has 142 valence electrons. The van der Waals surface area contributed by atoms with E-state index < -0.39 is 0 Å². The summed E-state index contributed by atoms with van der Waals surface area (Å²) < 4.78 is 0. The van der Waals surface area contributed by atoms with E-state index >= 15 is 0 Å². The fourth-order valence-corrected chi connectivity index (χ4v) is 3.68. The van der Waals surface area contributed by atoms with Crippen LogP contribution in [0.1, 0.15) is 39.9 Å². The molecule has 1 N–H and O–H groups in total. The first-order chi connectivity index (χ1) is 13.8. The van der Waals surface area contributed by atoms with Crippen LogP contribution in [0.15, 0.2) is 72.9 Å². The quantitative estimate of drug-likeness (QED) is 0.706. The van der Waals surface area contributed by atoms with E-state index in [-0.39, 0.29) is 5.91 Å². The van der Waals surface area contributed by atoms with Gasteiger partial charge in [0.25, 0.3) is 5.91 Å². The Bertz CT molecular complexity index is 933. The summed E-state index contributed by atoms with van der Waals surface area (Å²) in [6, 6.07) is 22.1. The van der Waals surface area contributed by atoms with E-state index in [4.69, 9.17) is 0 Å². The molecule has 0 spiro atoms. The topological polar surface area (TPSA) is 45.2 Å². The van der Waals surface area contributed by atoms with Gasteiger partial charge < -0.3 is 10.2 Å². The number of nitrogens with zero attached hydrogens (tertiary/aromatic N) is 2. The summed E-state index contributed by atoms with van der Waals surface area (Å²) in [7, 11) is 0. The summed E-state index contributed by atoms with van der Waals surface area (Å²) in [5, 5.41) is 3.07. The van der Waals surface area contributed by atoms with Crippen LogP contribution in [0.4, 0.5) is 5.82 Å². The summed E-state index contributed by atoms with van der Waals surface area (Å²) >= 11 is 0. The number of hydrogen-bond donors (Lipinski definition) is 1. The summed E-state index contributed by atoms with van der Waals surface area (Å²) in [5.74, 6) is 0.972. The molecule has 3 aromatic rings. The van der Waals surface area contributed by atoms with Gasteiger partial charge in [0.2, 0.25) is 0 Å². The van der Waals surface area contributed by atoms with Crippen molar-refractivity contribution in [3.8, 4) is 0 Å². The molecule has 4 nitrogen and oxygen atoms in total. The van der Waals surface area contributed by atoms with Crippen LogP contribution in [-0.4, -0.2) is 24.0 Å². The third-order valence-electron chi connectivity index (χ3n) is 5.19. The van der Waals surface area contributed by atoms with Crippen molar-refractivity contribution >= 4 is 11.7 Å². The van der Waals surface area contributed by atoms with Gasteiger partial charge >= 0.3 is 0 Å². The third-order valence-corrected chi connectivity index (χ3v) is 5.19. The number of amides is 1. The van der Waals surface area contributed by atoms with Gasteiger partial charge in [-0.1, -0.05) is 48.5 Å². The summed E-state index contributed by atoms with van der Waals surface area (Å²) in [6.07, 6.45) is 5.03. The second kappa shape index (κ2) is 8.70. The van der Waals surface area contributed by atoms with Crippen LogP contribution in [-0.2, 0) is 13.0 Å². The molecule has 4 heteroatoms. The normalized spacial score (nSPS) is 13.5. The predicted octanol–water partition coefficient (Wildman–Crippen LogP) is 4.20. The van der Waals surface area contributed by atoms with Gasteiger partial charge in [-0.3, -0.25) is 4.79 Å². The fourth-order valence-electron chi connectivity index (χ4n) is 3.68. The minimum absolute atomic E-state index is 0.0361. The molecular weight excluding hydrogens is 346 g/mol. The maximum Gasteiger partial charge on any atom is 0.251 e. The molecule has 1 aliphatic rings. The van der Waals surface area contributed by atoms with Crippen molar-refractivity contribution in [1.82, 2.24) is 10.3 Å². The number of rotatable bonds is 6. The van der Waals surface area contributed by atoms with Gasteiger partial charge in [0.05, 0.1) is 0 Å². The molecule has 4 rings (SSSR count). The van der Waals surface area contributed by atoms with Gasteiger partial charge in [-0.25, -0.2) is 4.98 Å². The Labute approximate surface area is 166 Å². The van der Waals surface area contributed by atoms with Crippen molar-refractivity contribution in [3.05, 3.63) is 95.2 Å². The molecule has 2 aromatic carbocycles. The molecule has 1 fully saturated rings. The van der Waals surface area contributed by atoms with Gasteiger partial charge in [0, 0.05) is 31.4 Å². The number of pyridine rings is 1. The van der Waals surface area contributed by atoms with E-state index in [1.807, 2.05) is 54.7 Å². The highest BCUT2D eigenvalue weighted by Gasteiger charge is 2.14. The summed E-state index contributed by atoms with van der Waals surface area (Å²) in [5.41, 5.74) is 4.05. The zero-order valence-corrected chi connectivity index (χ0v) is 16.0. The van der Waals surface area contributed by atoms with E-state index in [1.54, 1.807) is 0 Å². The SMILES string of the molecule is O=C(NCc1ccnc(N2CCCC2)c1)c1ccccc1Cc1ccccc1. The van der Waals surface area contributed by atoms with Crippen molar-refractivity contribution in [1.29, 1.82) is 0 Å². The highest BCUT2D eigenvalue weighted by Crippen LogP contribution is 2.19. The summed E-state index contributed by atoms with van der Waals surface area (Å²) in [4.78, 5) is 19.6. The lowest BCUT2D eigenvalue weighted by atomic mass is 9.99. The number of hydrogen-bond acceptors (Lipinski definition) is 3. The number of anilines is 1. The first-order valence-electron chi connectivity index (χ1n) is 9.89. The molecule has 1 saturated heterocycles. The number of benzene rings is 2. The predicted molar refractivity (Wildman–Crippen MR) is 113 cm³/mol. The molecule has 1 aliphatic heterocycles. The molecule has 0 aliphatic carbocycles. The second-order valence-corrected chi connectivity index (χ2v) is 7.22. The number of carbonyl (C=O) groups is 1. The Morgan fingerprint density at radius 1 is 0.929 bits per heavy atom. The minimum atomic E-state index is -0.0361. The summed E-state index contributed by atoms with van der Waals surface area (Å²) in [6.45, 7) is 2.63. The molecule has 2 heterocycles. The van der Waals surface area contributed by atoms with Crippen LogP contribution in [0.3, 0.4) is 0 Å². The molecular formula is C24H25N3O. The molecule has 1 aromatic heterocycles. The Morgan fingerprint density at radius 2 is 1.68 bits per heavy atom. The fraction of sp³-hybridized carbons (Fsp3) is 0.250. The first kappa shape index (κ1) is 18.2. The maximum atomic E-state index is 12.8. The monoisotopic (exact) mass is 371 g/mol. The molecule has 28 heavy (non-hydrogen) atoms. The average Bonchev–Trinajstić information content (AvgIpc) is 3.28. The lowest BCUT2D eigenvalue weighted by Crippen LogP contribution is -2.24. The van der Waals surface area contributed by atoms with E-state index in [1.165, 1.54) is 18.4 Å². The van der Waals surface area contributed by atoms with Crippen LogP contribution in [0.25, 0.3) is 0 Å². The highest BCUT2D eigenvalue weighted by molar-refractivity contribution is 5.95. The van der Waals surface area contributed by atoms with Crippen molar-refractivity contribution in [2.45, 2.75) is 25.8 Å². The van der Waals surface area contributed by atoms with Crippen LogP contribution >= 0.6 is 0 Å². The highest BCUT2D eigenvalue weighted by atomic mass is 16.1. The molecule has 0 saturated carbocycles. The average molecular weight is 371 g/mol. The van der Waals surface area contributed by atoms with Gasteiger partial charge in [0.15, 0.2) is 0 Å². The Balaban J connectivity index is 1.44. The minimum Gasteiger partial charge on any atom is -0.357 e. The van der Waals surface area contributed by atoms with Crippen LogP contribution in [0.5, 0.6) is 0 Å². The largest absolute Gasteiger partial charge is 0.357 e. The lowest BCUT2D eigenvalue weighted by molar-refractivity contribution is 0.0950. The number of carbonyl (C=O) groups excluding carboxylic acids is 1. The second-order valence-electron chi connectivity index (χ2n) is 7.22. The van der Waals surface area contributed by atoms with Gasteiger partial charge in [-0.05, 0) is 54.2 Å². The van der Waals surface area contributed by atoms with E-state index in [9.17, 15) is 4.79 Å². The third kappa shape index (κ3) is 4.39. The number of nitrogens with one attached hydrogen (secondary N) is 1. The van der Waals surface area contributed by atoms with Gasteiger partial charge in [-0.15, -0.1) is 0 Å². The van der Waals surface area contributed by atoms with Gasteiger partial charge in [0.1, 0.15) is 5.82 Å². The Kier molecular flexibility index (Phi) is 5.66. The zero-order chi connectivity index (χ0) is 19.2. The maximum absolute atomic E-state index is 12.8. The lowest BCUT2D eigenvalue weighted by Gasteiger charge is -2.17. The molecule has 1 amide bonds. The number of aromatic nitrogens is 1. The standard InChI is InChI=1S/C24H25N3O/c28-24(22-11-5-4-10-21(22)16-19-8-2-1-3-9-19)26-18-20-12-13-25-23(17-20)27-14-6-7-15-27/h1-5,8-13,17H,6-7,14-16,18H2,(H,26,28). The van der Waals surface area contributed by atoms with Crippen molar-refractivity contribution < 1.29 is 4.79 Å². The van der Waals surface area contributed by atoms with Crippen molar-refractivity contribution in [2.24, 2.45) is 0 Å². The van der Waals surface area contributed by atoms with Crippen molar-refractivity contribution in [3.63, 3.8) is 0 Å². The molecule has 0 atom stereocenters. The Hall–Kier alpha value is -3.14. The Morgan fingerprint density at radius 3 is 2.50 bits per heavy atom. The molecule has 0 bridgehead atoms.